The van der Waals surface area contributed by atoms with Crippen molar-refractivity contribution >= 4 is 12.0 Å². The van der Waals surface area contributed by atoms with Gasteiger partial charge in [0.2, 0.25) is 5.91 Å². The van der Waals surface area contributed by atoms with Crippen LogP contribution in [0.2, 0.25) is 0 Å². The molecular weight excluding hydrogens is 402 g/mol. The number of ether oxygens (including phenoxy) is 2. The maximum absolute atomic E-state index is 12.3. The summed E-state index contributed by atoms with van der Waals surface area (Å²) in [5.74, 6) is 2.19. The van der Waals surface area contributed by atoms with E-state index >= 15 is 0 Å². The van der Waals surface area contributed by atoms with Gasteiger partial charge in [0.25, 0.3) is 0 Å². The second kappa shape index (κ2) is 12.3. The van der Waals surface area contributed by atoms with E-state index in [1.165, 1.54) is 38.5 Å². The molecule has 1 aromatic carbocycles. The van der Waals surface area contributed by atoms with Gasteiger partial charge in [-0.25, -0.2) is 0 Å². The molecule has 0 spiro atoms. The Hall–Kier alpha value is -2.05. The molecule has 0 bridgehead atoms. The first-order valence-corrected chi connectivity index (χ1v) is 12.1. The van der Waals surface area contributed by atoms with Crippen molar-refractivity contribution in [3.05, 3.63) is 29.8 Å². The van der Waals surface area contributed by atoms with Gasteiger partial charge in [0.15, 0.2) is 0 Å². The van der Waals surface area contributed by atoms with Crippen molar-refractivity contribution in [1.82, 2.24) is 15.1 Å². The molecule has 0 radical (unpaired) electrons. The summed E-state index contributed by atoms with van der Waals surface area (Å²) >= 11 is 0. The van der Waals surface area contributed by atoms with Gasteiger partial charge in [-0.15, -0.1) is 0 Å². The monoisotopic (exact) mass is 443 g/mol. The first-order chi connectivity index (χ1) is 15.5. The minimum atomic E-state index is -0.0872. The molecule has 178 valence electrons. The van der Waals surface area contributed by atoms with Crippen molar-refractivity contribution in [2.45, 2.75) is 57.5 Å². The minimum absolute atomic E-state index is 0.0872. The lowest BCUT2D eigenvalue weighted by Crippen LogP contribution is -2.50. The third-order valence-electron chi connectivity index (χ3n) is 7.30. The molecule has 1 aromatic rings. The van der Waals surface area contributed by atoms with Gasteiger partial charge in [-0.1, -0.05) is 19.8 Å². The van der Waals surface area contributed by atoms with Gasteiger partial charge in [0.1, 0.15) is 11.5 Å². The lowest BCUT2D eigenvalue weighted by atomic mass is 9.84. The highest BCUT2D eigenvalue weighted by Gasteiger charge is 2.31. The zero-order valence-corrected chi connectivity index (χ0v) is 20.3. The van der Waals surface area contributed by atoms with E-state index in [4.69, 9.17) is 9.47 Å². The average Bonchev–Trinajstić information content (AvgIpc) is 2.83. The highest BCUT2D eigenvalue weighted by Crippen LogP contribution is 2.30. The van der Waals surface area contributed by atoms with Crippen molar-refractivity contribution in [1.29, 1.82) is 0 Å². The van der Waals surface area contributed by atoms with Gasteiger partial charge in [-0.05, 0) is 76.0 Å². The molecule has 1 heterocycles. The Labute approximate surface area is 193 Å². The zero-order chi connectivity index (χ0) is 22.9. The summed E-state index contributed by atoms with van der Waals surface area (Å²) in [4.78, 5) is 17.4. The molecule has 2 atom stereocenters. The van der Waals surface area contributed by atoms with Gasteiger partial charge in [-0.3, -0.25) is 4.79 Å². The molecule has 6 heteroatoms. The number of nitrogens with zero attached hydrogens (tertiary/aromatic N) is 2. The number of benzene rings is 1. The first-order valence-electron chi connectivity index (χ1n) is 12.1. The number of hydrogen-bond acceptors (Lipinski definition) is 5. The first kappa shape index (κ1) is 24.6. The van der Waals surface area contributed by atoms with Crippen LogP contribution in [0.3, 0.4) is 0 Å². The molecule has 0 aromatic heterocycles. The summed E-state index contributed by atoms with van der Waals surface area (Å²) in [6.07, 6.45) is 11.3. The second-order valence-electron chi connectivity index (χ2n) is 9.30. The zero-order valence-electron chi connectivity index (χ0n) is 20.3. The van der Waals surface area contributed by atoms with E-state index < -0.39 is 0 Å². The van der Waals surface area contributed by atoms with Crippen LogP contribution in [0.4, 0.5) is 0 Å². The lowest BCUT2D eigenvalue weighted by molar-refractivity contribution is -0.116. The third kappa shape index (κ3) is 6.72. The molecule has 3 rings (SSSR count). The molecule has 2 fully saturated rings. The standard InChI is InChI=1S/C26H41N3O3/c1-20-7-5-6-8-24(20)28(2)22-13-16-29(17-14-22)18-15-27-26(30)12-9-21-19-23(31-3)10-11-25(21)32-4/h9-12,19-20,22,24H,5-8,13-18H2,1-4H3,(H,27,30)/b12-9+/t20-,24+/m0/s1. The molecule has 1 saturated carbocycles. The highest BCUT2D eigenvalue weighted by molar-refractivity contribution is 5.92. The fourth-order valence-corrected chi connectivity index (χ4v) is 5.25. The fraction of sp³-hybridized carbons (Fsp3) is 0.654. The third-order valence-corrected chi connectivity index (χ3v) is 7.30. The summed E-state index contributed by atoms with van der Waals surface area (Å²) in [6.45, 7) is 6.22. The maximum Gasteiger partial charge on any atom is 0.244 e. The summed E-state index contributed by atoms with van der Waals surface area (Å²) in [5.41, 5.74) is 0.820. The van der Waals surface area contributed by atoms with Crippen molar-refractivity contribution in [2.75, 3.05) is 47.4 Å². The van der Waals surface area contributed by atoms with Crippen LogP contribution in [0, 0.1) is 5.92 Å². The van der Waals surface area contributed by atoms with E-state index in [0.717, 1.165) is 42.9 Å². The van der Waals surface area contributed by atoms with Crippen LogP contribution >= 0.6 is 0 Å². The van der Waals surface area contributed by atoms with E-state index in [1.807, 2.05) is 18.2 Å². The number of amides is 1. The van der Waals surface area contributed by atoms with Gasteiger partial charge in [0, 0.05) is 36.8 Å². The predicted octanol–water partition coefficient (Wildman–Crippen LogP) is 3.81. The number of likely N-dealkylation sites (tertiary alicyclic amines) is 1. The molecule has 32 heavy (non-hydrogen) atoms. The lowest BCUT2D eigenvalue weighted by Gasteiger charge is -2.44. The van der Waals surface area contributed by atoms with E-state index in [2.05, 4.69) is 29.1 Å². The van der Waals surface area contributed by atoms with Crippen LogP contribution in [0.25, 0.3) is 6.08 Å². The highest BCUT2D eigenvalue weighted by atomic mass is 16.5. The summed E-state index contributed by atoms with van der Waals surface area (Å²) in [5, 5.41) is 3.01. The van der Waals surface area contributed by atoms with E-state index in [-0.39, 0.29) is 5.91 Å². The molecule has 1 amide bonds. The topological polar surface area (TPSA) is 54.0 Å². The fourth-order valence-electron chi connectivity index (χ4n) is 5.25. The van der Waals surface area contributed by atoms with Crippen molar-refractivity contribution in [3.63, 3.8) is 0 Å². The van der Waals surface area contributed by atoms with Gasteiger partial charge < -0.3 is 24.6 Å². The SMILES string of the molecule is COc1ccc(OC)c(/C=C/C(=O)NCCN2CCC(N(C)[C@@H]3CCCC[C@@H]3C)CC2)c1. The Morgan fingerprint density at radius 2 is 1.91 bits per heavy atom. The van der Waals surface area contributed by atoms with Gasteiger partial charge >= 0.3 is 0 Å². The molecule has 1 saturated heterocycles. The summed E-state index contributed by atoms with van der Waals surface area (Å²) < 4.78 is 10.6. The van der Waals surface area contributed by atoms with Crippen LogP contribution in [0.1, 0.15) is 51.0 Å². The predicted molar refractivity (Wildman–Crippen MR) is 130 cm³/mol. The molecule has 0 unspecified atom stereocenters. The van der Waals surface area contributed by atoms with Crippen LogP contribution in [0.15, 0.2) is 24.3 Å². The van der Waals surface area contributed by atoms with Crippen LogP contribution in [-0.4, -0.2) is 75.2 Å². The Kier molecular flexibility index (Phi) is 9.42. The number of rotatable bonds is 9. The van der Waals surface area contributed by atoms with Gasteiger partial charge in [-0.2, -0.15) is 0 Å². The molecule has 1 aliphatic carbocycles. The molecule has 6 nitrogen and oxygen atoms in total. The average molecular weight is 444 g/mol. The van der Waals surface area contributed by atoms with Crippen molar-refractivity contribution in [3.8, 4) is 11.5 Å². The van der Waals surface area contributed by atoms with Crippen molar-refractivity contribution in [2.24, 2.45) is 5.92 Å². The smallest absolute Gasteiger partial charge is 0.244 e. The maximum atomic E-state index is 12.3. The summed E-state index contributed by atoms with van der Waals surface area (Å²) in [7, 11) is 5.59. The quantitative estimate of drug-likeness (QED) is 0.588. The number of hydrogen-bond donors (Lipinski definition) is 1. The number of piperidine rings is 1. The van der Waals surface area contributed by atoms with E-state index in [1.54, 1.807) is 26.4 Å². The molecular formula is C26H41N3O3. The number of carbonyl (C=O) groups excluding carboxylic acids is 1. The van der Waals surface area contributed by atoms with Crippen molar-refractivity contribution < 1.29 is 14.3 Å². The molecule has 1 N–H and O–H groups in total. The number of methoxy groups -OCH3 is 2. The largest absolute Gasteiger partial charge is 0.497 e. The Morgan fingerprint density at radius 1 is 1.16 bits per heavy atom. The second-order valence-corrected chi connectivity index (χ2v) is 9.30. The van der Waals surface area contributed by atoms with Crippen LogP contribution in [0.5, 0.6) is 11.5 Å². The molecule has 2 aliphatic rings. The van der Waals surface area contributed by atoms with Gasteiger partial charge in [0.05, 0.1) is 14.2 Å². The Balaban J connectivity index is 1.38. The van der Waals surface area contributed by atoms with Crippen LogP contribution in [-0.2, 0) is 4.79 Å². The Morgan fingerprint density at radius 3 is 2.59 bits per heavy atom. The number of carbonyl (C=O) groups is 1. The molecule has 1 aliphatic heterocycles. The Bertz CT molecular complexity index is 759. The van der Waals surface area contributed by atoms with Crippen LogP contribution < -0.4 is 14.8 Å². The normalized spacial score (nSPS) is 22.9. The van der Waals surface area contributed by atoms with E-state index in [0.29, 0.717) is 18.3 Å². The minimum Gasteiger partial charge on any atom is -0.497 e. The summed E-state index contributed by atoms with van der Waals surface area (Å²) in [6, 6.07) is 7.00. The number of nitrogens with one attached hydrogen (secondary N) is 1. The van der Waals surface area contributed by atoms with E-state index in [9.17, 15) is 4.79 Å².